The Hall–Kier alpha value is -0.550. The number of nitrogens with one attached hydrogen (secondary N) is 1. The van der Waals surface area contributed by atoms with Gasteiger partial charge in [0.05, 0.1) is 6.07 Å². The molecule has 8 heavy (non-hydrogen) atoms. The molecule has 0 aliphatic rings. The SMILES string of the molecule is CC[C@@](C)(C#N)NC. The highest BCUT2D eigenvalue weighted by atomic mass is 14.9. The second-order valence-corrected chi connectivity index (χ2v) is 2.05. The Balaban J connectivity index is 3.83. The van der Waals surface area contributed by atoms with Crippen LogP contribution in [0.1, 0.15) is 20.3 Å². The molecular weight excluding hydrogens is 100 g/mol. The van der Waals surface area contributed by atoms with Crippen molar-refractivity contribution in [3.63, 3.8) is 0 Å². The van der Waals surface area contributed by atoms with Crippen molar-refractivity contribution in [1.82, 2.24) is 5.32 Å². The van der Waals surface area contributed by atoms with Crippen LogP contribution in [-0.4, -0.2) is 12.6 Å². The number of hydrogen-bond donors (Lipinski definition) is 1. The van der Waals surface area contributed by atoms with E-state index < -0.39 is 0 Å². The molecule has 0 aromatic carbocycles. The molecule has 0 unspecified atom stereocenters. The van der Waals surface area contributed by atoms with Crippen LogP contribution in [0.5, 0.6) is 0 Å². The van der Waals surface area contributed by atoms with E-state index in [-0.39, 0.29) is 5.54 Å². The fourth-order valence-electron chi connectivity index (χ4n) is 0.312. The van der Waals surface area contributed by atoms with Crippen molar-refractivity contribution < 1.29 is 0 Å². The molecule has 0 fully saturated rings. The van der Waals surface area contributed by atoms with Crippen molar-refractivity contribution in [2.45, 2.75) is 25.8 Å². The minimum atomic E-state index is -0.319. The smallest absolute Gasteiger partial charge is 0.103 e. The molecule has 0 heterocycles. The summed E-state index contributed by atoms with van der Waals surface area (Å²) in [7, 11) is 1.80. The molecule has 0 aromatic heterocycles. The topological polar surface area (TPSA) is 35.8 Å². The van der Waals surface area contributed by atoms with Crippen LogP contribution in [0.2, 0.25) is 0 Å². The third kappa shape index (κ3) is 1.51. The second kappa shape index (κ2) is 2.68. The summed E-state index contributed by atoms with van der Waals surface area (Å²) in [5.41, 5.74) is -0.319. The van der Waals surface area contributed by atoms with Gasteiger partial charge in [0.2, 0.25) is 0 Å². The molecule has 0 aromatic rings. The van der Waals surface area contributed by atoms with Gasteiger partial charge in [-0.15, -0.1) is 0 Å². The zero-order valence-electron chi connectivity index (χ0n) is 5.65. The predicted octanol–water partition coefficient (Wildman–Crippen LogP) is 0.898. The highest BCUT2D eigenvalue weighted by Gasteiger charge is 2.16. The molecule has 0 spiro atoms. The number of nitrogens with zero attached hydrogens (tertiary/aromatic N) is 1. The maximum Gasteiger partial charge on any atom is 0.103 e. The normalized spacial score (nSPS) is 16.8. The summed E-state index contributed by atoms with van der Waals surface area (Å²) in [5, 5.41) is 11.4. The van der Waals surface area contributed by atoms with Gasteiger partial charge in [0.1, 0.15) is 5.54 Å². The third-order valence-electron chi connectivity index (χ3n) is 1.51. The first-order chi connectivity index (χ1) is 3.68. The van der Waals surface area contributed by atoms with E-state index in [4.69, 9.17) is 5.26 Å². The van der Waals surface area contributed by atoms with Gasteiger partial charge in [0.25, 0.3) is 0 Å². The van der Waals surface area contributed by atoms with Crippen molar-refractivity contribution in [3.8, 4) is 6.07 Å². The molecule has 0 radical (unpaired) electrons. The van der Waals surface area contributed by atoms with Crippen LogP contribution in [-0.2, 0) is 0 Å². The van der Waals surface area contributed by atoms with Crippen LogP contribution in [0.15, 0.2) is 0 Å². The van der Waals surface area contributed by atoms with Gasteiger partial charge in [-0.25, -0.2) is 0 Å². The molecule has 2 heteroatoms. The average Bonchev–Trinajstić information content (AvgIpc) is 1.87. The van der Waals surface area contributed by atoms with Crippen LogP contribution in [0, 0.1) is 11.3 Å². The highest BCUT2D eigenvalue weighted by molar-refractivity contribution is 5.01. The first kappa shape index (κ1) is 7.45. The molecule has 2 nitrogen and oxygen atoms in total. The van der Waals surface area contributed by atoms with E-state index in [0.717, 1.165) is 6.42 Å². The van der Waals surface area contributed by atoms with E-state index in [1.165, 1.54) is 0 Å². The molecule has 0 rings (SSSR count). The maximum atomic E-state index is 8.47. The lowest BCUT2D eigenvalue weighted by atomic mass is 10.0. The lowest BCUT2D eigenvalue weighted by Gasteiger charge is -2.16. The largest absolute Gasteiger partial charge is 0.303 e. The van der Waals surface area contributed by atoms with Gasteiger partial charge in [-0.05, 0) is 20.4 Å². The fraction of sp³-hybridized carbons (Fsp3) is 0.833. The van der Waals surface area contributed by atoms with E-state index in [1.54, 1.807) is 7.05 Å². The predicted molar refractivity (Wildman–Crippen MR) is 33.4 cm³/mol. The lowest BCUT2D eigenvalue weighted by Crippen LogP contribution is -2.36. The summed E-state index contributed by atoms with van der Waals surface area (Å²) in [6.45, 7) is 3.87. The Kier molecular flexibility index (Phi) is 2.50. The van der Waals surface area contributed by atoms with Crippen LogP contribution in [0.4, 0.5) is 0 Å². The molecule has 46 valence electrons. The fourth-order valence-corrected chi connectivity index (χ4v) is 0.312. The summed E-state index contributed by atoms with van der Waals surface area (Å²) >= 11 is 0. The minimum Gasteiger partial charge on any atom is -0.303 e. The van der Waals surface area contributed by atoms with Crippen LogP contribution >= 0.6 is 0 Å². The van der Waals surface area contributed by atoms with E-state index >= 15 is 0 Å². The lowest BCUT2D eigenvalue weighted by molar-refractivity contribution is 0.476. The van der Waals surface area contributed by atoms with Gasteiger partial charge in [0, 0.05) is 0 Å². The molecule has 0 saturated heterocycles. The van der Waals surface area contributed by atoms with Crippen molar-refractivity contribution in [3.05, 3.63) is 0 Å². The maximum absolute atomic E-state index is 8.47. The van der Waals surface area contributed by atoms with Gasteiger partial charge < -0.3 is 5.32 Å². The molecule has 0 bridgehead atoms. The molecule has 0 amide bonds. The summed E-state index contributed by atoms with van der Waals surface area (Å²) in [6, 6.07) is 2.17. The van der Waals surface area contributed by atoms with Gasteiger partial charge in [0.15, 0.2) is 0 Å². The minimum absolute atomic E-state index is 0.319. The Morgan fingerprint density at radius 2 is 2.25 bits per heavy atom. The molecule has 0 aliphatic carbocycles. The van der Waals surface area contributed by atoms with Crippen LogP contribution in [0.25, 0.3) is 0 Å². The zero-order chi connectivity index (χ0) is 6.62. The number of nitriles is 1. The summed E-state index contributed by atoms with van der Waals surface area (Å²) in [6.07, 6.45) is 0.847. The quantitative estimate of drug-likeness (QED) is 0.576. The van der Waals surface area contributed by atoms with Gasteiger partial charge >= 0.3 is 0 Å². The highest BCUT2D eigenvalue weighted by Crippen LogP contribution is 2.04. The van der Waals surface area contributed by atoms with Gasteiger partial charge in [-0.3, -0.25) is 0 Å². The summed E-state index contributed by atoms with van der Waals surface area (Å²) < 4.78 is 0. The monoisotopic (exact) mass is 112 g/mol. The summed E-state index contributed by atoms with van der Waals surface area (Å²) in [5.74, 6) is 0. The molecule has 0 aliphatic heterocycles. The van der Waals surface area contributed by atoms with Gasteiger partial charge in [-0.2, -0.15) is 5.26 Å². The van der Waals surface area contributed by atoms with Crippen LogP contribution in [0.3, 0.4) is 0 Å². The van der Waals surface area contributed by atoms with Gasteiger partial charge in [-0.1, -0.05) is 6.92 Å². The van der Waals surface area contributed by atoms with E-state index in [1.807, 2.05) is 13.8 Å². The standard InChI is InChI=1S/C6H12N2/c1-4-6(2,5-7)8-3/h8H,4H2,1-3H3/t6-/m0/s1. The second-order valence-electron chi connectivity index (χ2n) is 2.05. The molecular formula is C6H12N2. The van der Waals surface area contributed by atoms with E-state index in [2.05, 4.69) is 11.4 Å². The third-order valence-corrected chi connectivity index (χ3v) is 1.51. The van der Waals surface area contributed by atoms with E-state index in [9.17, 15) is 0 Å². The molecule has 1 atom stereocenters. The van der Waals surface area contributed by atoms with Crippen molar-refractivity contribution in [1.29, 1.82) is 5.26 Å². The number of rotatable bonds is 2. The van der Waals surface area contributed by atoms with Crippen LogP contribution < -0.4 is 5.32 Å². The molecule has 0 saturated carbocycles. The van der Waals surface area contributed by atoms with Crippen molar-refractivity contribution in [2.24, 2.45) is 0 Å². The Morgan fingerprint density at radius 3 is 2.25 bits per heavy atom. The Morgan fingerprint density at radius 1 is 1.75 bits per heavy atom. The first-order valence-corrected chi connectivity index (χ1v) is 2.78. The first-order valence-electron chi connectivity index (χ1n) is 2.78. The Bertz CT molecular complexity index is 97.6. The number of hydrogen-bond acceptors (Lipinski definition) is 2. The van der Waals surface area contributed by atoms with E-state index in [0.29, 0.717) is 0 Å². The Labute approximate surface area is 50.5 Å². The van der Waals surface area contributed by atoms with Crippen molar-refractivity contribution in [2.75, 3.05) is 7.05 Å². The van der Waals surface area contributed by atoms with Crippen molar-refractivity contribution >= 4 is 0 Å². The zero-order valence-corrected chi connectivity index (χ0v) is 5.65. The molecule has 1 N–H and O–H groups in total. The average molecular weight is 112 g/mol. The summed E-state index contributed by atoms with van der Waals surface area (Å²) in [4.78, 5) is 0.